The predicted molar refractivity (Wildman–Crippen MR) is 79.2 cm³/mol. The Balaban J connectivity index is 1.83. The van der Waals surface area contributed by atoms with Crippen molar-refractivity contribution < 1.29 is 0 Å². The van der Waals surface area contributed by atoms with Gasteiger partial charge in [0.1, 0.15) is 6.33 Å². The fourth-order valence-electron chi connectivity index (χ4n) is 2.78. The van der Waals surface area contributed by atoms with Crippen molar-refractivity contribution in [1.82, 2.24) is 20.2 Å². The number of aromatic nitrogens is 2. The molecule has 1 unspecified atom stereocenters. The van der Waals surface area contributed by atoms with Gasteiger partial charge in [0.25, 0.3) is 0 Å². The van der Waals surface area contributed by atoms with Crippen molar-refractivity contribution in [2.24, 2.45) is 0 Å². The third kappa shape index (κ3) is 2.86. The molecule has 1 atom stereocenters. The number of piperazine rings is 1. The fraction of sp³-hybridized carbons (Fsp3) is 0.375. The third-order valence-corrected chi connectivity index (χ3v) is 3.83. The molecule has 1 aliphatic heterocycles. The van der Waals surface area contributed by atoms with Crippen LogP contribution >= 0.6 is 0 Å². The zero-order valence-electron chi connectivity index (χ0n) is 11.8. The topological polar surface area (TPSA) is 41.1 Å². The summed E-state index contributed by atoms with van der Waals surface area (Å²) in [5.74, 6) is 0. The number of rotatable bonds is 3. The Morgan fingerprint density at radius 3 is 2.95 bits per heavy atom. The van der Waals surface area contributed by atoms with E-state index in [-0.39, 0.29) is 0 Å². The van der Waals surface area contributed by atoms with E-state index in [1.807, 2.05) is 6.20 Å². The van der Waals surface area contributed by atoms with Gasteiger partial charge in [0.05, 0.1) is 11.7 Å². The fourth-order valence-corrected chi connectivity index (χ4v) is 2.78. The largest absolute Gasteiger partial charge is 0.313 e. The summed E-state index contributed by atoms with van der Waals surface area (Å²) in [6.07, 6.45) is 3.55. The van der Waals surface area contributed by atoms with E-state index in [1.165, 1.54) is 11.1 Å². The first kappa shape index (κ1) is 13.2. The molecule has 1 N–H and O–H groups in total. The predicted octanol–water partition coefficient (Wildman–Crippen LogP) is 1.93. The van der Waals surface area contributed by atoms with Gasteiger partial charge >= 0.3 is 0 Å². The average Bonchev–Trinajstić information content (AvgIpc) is 2.50. The zero-order chi connectivity index (χ0) is 13.8. The number of nitrogens with zero attached hydrogens (tertiary/aromatic N) is 3. The summed E-state index contributed by atoms with van der Waals surface area (Å²) in [7, 11) is 0. The smallest absolute Gasteiger partial charge is 0.115 e. The SMILES string of the molecule is Cc1cncnc1C1CNCCN1Cc1ccccc1. The summed E-state index contributed by atoms with van der Waals surface area (Å²) in [6.45, 7) is 6.09. The maximum atomic E-state index is 4.50. The van der Waals surface area contributed by atoms with Crippen LogP contribution in [-0.2, 0) is 6.54 Å². The van der Waals surface area contributed by atoms with Crippen LogP contribution in [0.4, 0.5) is 0 Å². The second-order valence-electron chi connectivity index (χ2n) is 5.27. The van der Waals surface area contributed by atoms with Crippen LogP contribution in [0.3, 0.4) is 0 Å². The van der Waals surface area contributed by atoms with Gasteiger partial charge in [-0.3, -0.25) is 4.90 Å². The molecule has 1 aromatic heterocycles. The van der Waals surface area contributed by atoms with Crippen molar-refractivity contribution in [1.29, 1.82) is 0 Å². The van der Waals surface area contributed by atoms with Crippen molar-refractivity contribution in [3.8, 4) is 0 Å². The highest BCUT2D eigenvalue weighted by molar-refractivity contribution is 5.20. The molecule has 1 aromatic carbocycles. The molecule has 1 aliphatic rings. The summed E-state index contributed by atoms with van der Waals surface area (Å²) >= 11 is 0. The highest BCUT2D eigenvalue weighted by Crippen LogP contribution is 2.24. The number of nitrogens with one attached hydrogen (secondary N) is 1. The molecule has 0 spiro atoms. The molecular formula is C16H20N4. The first-order valence-corrected chi connectivity index (χ1v) is 7.10. The molecule has 1 fully saturated rings. The lowest BCUT2D eigenvalue weighted by atomic mass is 10.0. The van der Waals surface area contributed by atoms with Crippen LogP contribution in [0.15, 0.2) is 42.9 Å². The number of hydrogen-bond donors (Lipinski definition) is 1. The molecular weight excluding hydrogens is 248 g/mol. The van der Waals surface area contributed by atoms with E-state index in [0.29, 0.717) is 6.04 Å². The Morgan fingerprint density at radius 2 is 2.15 bits per heavy atom. The molecule has 104 valence electrons. The Labute approximate surface area is 119 Å². The van der Waals surface area contributed by atoms with Crippen molar-refractivity contribution >= 4 is 0 Å². The van der Waals surface area contributed by atoms with Gasteiger partial charge in [0.2, 0.25) is 0 Å². The maximum absolute atomic E-state index is 4.50. The lowest BCUT2D eigenvalue weighted by molar-refractivity contribution is 0.150. The van der Waals surface area contributed by atoms with Gasteiger partial charge in [-0.15, -0.1) is 0 Å². The Morgan fingerprint density at radius 1 is 1.30 bits per heavy atom. The molecule has 0 bridgehead atoms. The normalized spacial score (nSPS) is 19.9. The number of aryl methyl sites for hydroxylation is 1. The van der Waals surface area contributed by atoms with Crippen LogP contribution in [0.25, 0.3) is 0 Å². The lowest BCUT2D eigenvalue weighted by Gasteiger charge is -2.36. The van der Waals surface area contributed by atoms with Crippen LogP contribution in [0.2, 0.25) is 0 Å². The van der Waals surface area contributed by atoms with Gasteiger partial charge in [-0.05, 0) is 18.1 Å². The van der Waals surface area contributed by atoms with Gasteiger partial charge in [0, 0.05) is 32.4 Å². The van der Waals surface area contributed by atoms with E-state index in [9.17, 15) is 0 Å². The first-order chi connectivity index (χ1) is 9.84. The third-order valence-electron chi connectivity index (χ3n) is 3.83. The quantitative estimate of drug-likeness (QED) is 0.923. The van der Waals surface area contributed by atoms with Crippen LogP contribution in [0.5, 0.6) is 0 Å². The molecule has 0 radical (unpaired) electrons. The summed E-state index contributed by atoms with van der Waals surface area (Å²) in [4.78, 5) is 11.1. The molecule has 2 aromatic rings. The highest BCUT2D eigenvalue weighted by Gasteiger charge is 2.26. The summed E-state index contributed by atoms with van der Waals surface area (Å²) in [6, 6.07) is 11.0. The van der Waals surface area contributed by atoms with Crippen LogP contribution in [-0.4, -0.2) is 34.5 Å². The molecule has 1 saturated heterocycles. The molecule has 0 aliphatic carbocycles. The summed E-state index contributed by atoms with van der Waals surface area (Å²) < 4.78 is 0. The Bertz CT molecular complexity index is 555. The van der Waals surface area contributed by atoms with Crippen LogP contribution in [0.1, 0.15) is 22.9 Å². The van der Waals surface area contributed by atoms with E-state index in [2.05, 4.69) is 57.4 Å². The maximum Gasteiger partial charge on any atom is 0.115 e. The number of benzene rings is 1. The van der Waals surface area contributed by atoms with Crippen molar-refractivity contribution in [2.45, 2.75) is 19.5 Å². The van der Waals surface area contributed by atoms with E-state index < -0.39 is 0 Å². The van der Waals surface area contributed by atoms with E-state index in [4.69, 9.17) is 0 Å². The average molecular weight is 268 g/mol. The van der Waals surface area contributed by atoms with Crippen molar-refractivity contribution in [3.63, 3.8) is 0 Å². The monoisotopic (exact) mass is 268 g/mol. The minimum Gasteiger partial charge on any atom is -0.313 e. The van der Waals surface area contributed by atoms with Gasteiger partial charge < -0.3 is 5.32 Å². The van der Waals surface area contributed by atoms with Gasteiger partial charge in [-0.2, -0.15) is 0 Å². The van der Waals surface area contributed by atoms with Crippen molar-refractivity contribution in [2.75, 3.05) is 19.6 Å². The molecule has 4 heteroatoms. The highest BCUT2D eigenvalue weighted by atomic mass is 15.2. The van der Waals surface area contributed by atoms with Gasteiger partial charge in [-0.1, -0.05) is 30.3 Å². The van der Waals surface area contributed by atoms with E-state index in [0.717, 1.165) is 31.9 Å². The molecule has 3 rings (SSSR count). The van der Waals surface area contributed by atoms with Gasteiger partial charge in [0.15, 0.2) is 0 Å². The van der Waals surface area contributed by atoms with Crippen LogP contribution < -0.4 is 5.32 Å². The summed E-state index contributed by atoms with van der Waals surface area (Å²) in [5, 5.41) is 3.47. The molecule has 20 heavy (non-hydrogen) atoms. The minimum atomic E-state index is 0.326. The minimum absolute atomic E-state index is 0.326. The Hall–Kier alpha value is -1.78. The molecule has 0 saturated carbocycles. The molecule has 2 heterocycles. The lowest BCUT2D eigenvalue weighted by Crippen LogP contribution is -2.46. The second-order valence-corrected chi connectivity index (χ2v) is 5.27. The van der Waals surface area contributed by atoms with Crippen LogP contribution in [0, 0.1) is 6.92 Å². The van der Waals surface area contributed by atoms with E-state index >= 15 is 0 Å². The first-order valence-electron chi connectivity index (χ1n) is 7.10. The zero-order valence-corrected chi connectivity index (χ0v) is 11.8. The Kier molecular flexibility index (Phi) is 4.04. The van der Waals surface area contributed by atoms with Crippen molar-refractivity contribution in [3.05, 3.63) is 59.7 Å². The standard InChI is InChI=1S/C16H20N4/c1-13-9-18-12-19-16(13)15-10-17-7-8-20(15)11-14-5-3-2-4-6-14/h2-6,9,12,15,17H,7-8,10-11H2,1H3. The van der Waals surface area contributed by atoms with E-state index in [1.54, 1.807) is 6.33 Å². The van der Waals surface area contributed by atoms with Gasteiger partial charge in [-0.25, -0.2) is 9.97 Å². The summed E-state index contributed by atoms with van der Waals surface area (Å²) in [5.41, 5.74) is 3.66. The molecule has 4 nitrogen and oxygen atoms in total. The number of hydrogen-bond acceptors (Lipinski definition) is 4. The second kappa shape index (κ2) is 6.11. The molecule has 0 amide bonds.